The van der Waals surface area contributed by atoms with Gasteiger partial charge in [0, 0.05) is 25.9 Å². The van der Waals surface area contributed by atoms with Gasteiger partial charge >= 0.3 is 6.61 Å². The Morgan fingerprint density at radius 3 is 2.00 bits per heavy atom. The van der Waals surface area contributed by atoms with Crippen LogP contribution in [-0.4, -0.2) is 31.6 Å². The van der Waals surface area contributed by atoms with Gasteiger partial charge in [-0.3, -0.25) is 4.79 Å². The third kappa shape index (κ3) is 6.04. The van der Waals surface area contributed by atoms with Crippen LogP contribution in [0.2, 0.25) is 0 Å². The van der Waals surface area contributed by atoms with Crippen molar-refractivity contribution in [2.24, 2.45) is 0 Å². The molecule has 4 nitrogen and oxygen atoms in total. The number of methoxy groups -OCH3 is 1. The van der Waals surface area contributed by atoms with Gasteiger partial charge in [-0.15, -0.1) is 0 Å². The van der Waals surface area contributed by atoms with E-state index in [2.05, 4.69) is 4.74 Å². The summed E-state index contributed by atoms with van der Waals surface area (Å²) < 4.78 is 34.7. The predicted molar refractivity (Wildman–Crippen MR) is 115 cm³/mol. The first kappa shape index (κ1) is 22.3. The van der Waals surface area contributed by atoms with Crippen molar-refractivity contribution in [2.75, 3.05) is 14.2 Å². The van der Waals surface area contributed by atoms with Crippen LogP contribution in [-0.2, 0) is 11.3 Å². The Kier molecular flexibility index (Phi) is 7.60. The molecule has 0 aliphatic rings. The summed E-state index contributed by atoms with van der Waals surface area (Å²) in [5, 5.41) is 0. The summed E-state index contributed by atoms with van der Waals surface area (Å²) in [7, 11) is 3.11. The topological polar surface area (TPSA) is 38.8 Å². The van der Waals surface area contributed by atoms with Crippen molar-refractivity contribution in [3.05, 3.63) is 95.6 Å². The van der Waals surface area contributed by atoms with E-state index in [1.807, 2.05) is 60.7 Å². The lowest BCUT2D eigenvalue weighted by molar-refractivity contribution is -0.130. The van der Waals surface area contributed by atoms with Crippen LogP contribution in [0.4, 0.5) is 8.78 Å². The number of carbonyl (C=O) groups excluding carboxylic acids is 1. The number of rotatable bonds is 9. The van der Waals surface area contributed by atoms with Gasteiger partial charge in [-0.05, 0) is 28.8 Å². The molecule has 31 heavy (non-hydrogen) atoms. The number of hydrogen-bond acceptors (Lipinski definition) is 3. The van der Waals surface area contributed by atoms with E-state index in [9.17, 15) is 13.6 Å². The molecule has 0 aliphatic carbocycles. The van der Waals surface area contributed by atoms with Crippen LogP contribution in [0.3, 0.4) is 0 Å². The summed E-state index contributed by atoms with van der Waals surface area (Å²) in [4.78, 5) is 14.7. The highest BCUT2D eigenvalue weighted by atomic mass is 19.3. The van der Waals surface area contributed by atoms with Crippen LogP contribution >= 0.6 is 0 Å². The highest BCUT2D eigenvalue weighted by molar-refractivity contribution is 5.77. The Labute approximate surface area is 181 Å². The number of alkyl halides is 2. The zero-order valence-electron chi connectivity index (χ0n) is 17.5. The standard InChI is InChI=1S/C25H25F2NO3/c1-28(17-18-13-14-22(31-25(26)27)23(15-18)30-2)24(29)16-21(19-9-5-3-6-10-19)20-11-7-4-8-12-20/h3-15,21,25H,16-17H2,1-2H3. The molecule has 0 unspecified atom stereocenters. The molecule has 0 aromatic heterocycles. The summed E-state index contributed by atoms with van der Waals surface area (Å²) in [5.41, 5.74) is 2.90. The Hall–Kier alpha value is -3.41. The van der Waals surface area contributed by atoms with Crippen molar-refractivity contribution in [2.45, 2.75) is 25.5 Å². The molecule has 3 aromatic rings. The number of amides is 1. The Morgan fingerprint density at radius 2 is 1.48 bits per heavy atom. The first-order chi connectivity index (χ1) is 15.0. The van der Waals surface area contributed by atoms with E-state index in [1.54, 1.807) is 24.1 Å². The van der Waals surface area contributed by atoms with E-state index in [4.69, 9.17) is 4.74 Å². The maximum Gasteiger partial charge on any atom is 0.387 e. The molecule has 0 bridgehead atoms. The van der Waals surface area contributed by atoms with Crippen LogP contribution in [0.25, 0.3) is 0 Å². The zero-order valence-corrected chi connectivity index (χ0v) is 17.5. The van der Waals surface area contributed by atoms with Crippen molar-refractivity contribution in [1.82, 2.24) is 4.90 Å². The second-order valence-corrected chi connectivity index (χ2v) is 7.19. The summed E-state index contributed by atoms with van der Waals surface area (Å²) in [6, 6.07) is 24.6. The minimum atomic E-state index is -2.93. The van der Waals surface area contributed by atoms with Crippen molar-refractivity contribution in [1.29, 1.82) is 0 Å². The van der Waals surface area contributed by atoms with E-state index < -0.39 is 6.61 Å². The van der Waals surface area contributed by atoms with Gasteiger partial charge in [0.1, 0.15) is 0 Å². The lowest BCUT2D eigenvalue weighted by atomic mass is 9.88. The predicted octanol–water partition coefficient (Wildman–Crippen LogP) is 5.48. The zero-order chi connectivity index (χ0) is 22.2. The average molecular weight is 425 g/mol. The van der Waals surface area contributed by atoms with Gasteiger partial charge in [0.25, 0.3) is 0 Å². The molecule has 3 aromatic carbocycles. The fourth-order valence-electron chi connectivity index (χ4n) is 3.50. The third-order valence-electron chi connectivity index (χ3n) is 5.07. The number of benzene rings is 3. The largest absolute Gasteiger partial charge is 0.493 e. The van der Waals surface area contributed by atoms with Crippen LogP contribution in [0.1, 0.15) is 29.0 Å². The van der Waals surface area contributed by atoms with Gasteiger partial charge in [0.2, 0.25) is 5.91 Å². The van der Waals surface area contributed by atoms with Crippen molar-refractivity contribution in [3.63, 3.8) is 0 Å². The molecular formula is C25H25F2NO3. The van der Waals surface area contributed by atoms with Gasteiger partial charge in [0.05, 0.1) is 7.11 Å². The maximum absolute atomic E-state index is 13.0. The minimum absolute atomic E-state index is 0.0235. The summed E-state index contributed by atoms with van der Waals surface area (Å²) in [6.45, 7) is -2.61. The average Bonchev–Trinajstić information content (AvgIpc) is 2.79. The molecule has 0 saturated carbocycles. The first-order valence-electron chi connectivity index (χ1n) is 9.93. The molecule has 0 saturated heterocycles. The Morgan fingerprint density at radius 1 is 0.903 bits per heavy atom. The van der Waals surface area contributed by atoms with Crippen molar-refractivity contribution in [3.8, 4) is 11.5 Å². The molecule has 0 aliphatic heterocycles. The van der Waals surface area contributed by atoms with Crippen LogP contribution in [0, 0.1) is 0 Å². The molecule has 0 radical (unpaired) electrons. The van der Waals surface area contributed by atoms with E-state index in [1.165, 1.54) is 13.2 Å². The smallest absolute Gasteiger partial charge is 0.387 e. The molecular weight excluding hydrogens is 400 g/mol. The maximum atomic E-state index is 13.0. The number of hydrogen-bond donors (Lipinski definition) is 0. The highest BCUT2D eigenvalue weighted by Crippen LogP contribution is 2.31. The van der Waals surface area contributed by atoms with E-state index in [0.29, 0.717) is 13.0 Å². The van der Waals surface area contributed by atoms with Gasteiger partial charge in [0.15, 0.2) is 11.5 Å². The molecule has 0 heterocycles. The van der Waals surface area contributed by atoms with Gasteiger partial charge in [-0.1, -0.05) is 66.7 Å². The van der Waals surface area contributed by atoms with Gasteiger partial charge < -0.3 is 14.4 Å². The Bertz CT molecular complexity index is 941. The molecule has 0 N–H and O–H groups in total. The third-order valence-corrected chi connectivity index (χ3v) is 5.07. The summed E-state index contributed by atoms with van der Waals surface area (Å²) >= 11 is 0. The number of nitrogens with zero attached hydrogens (tertiary/aromatic N) is 1. The van der Waals surface area contributed by atoms with Crippen LogP contribution in [0.15, 0.2) is 78.9 Å². The number of halogens is 2. The quantitative estimate of drug-likeness (QED) is 0.456. The highest BCUT2D eigenvalue weighted by Gasteiger charge is 2.21. The molecule has 0 fully saturated rings. The molecule has 1 amide bonds. The fraction of sp³-hybridized carbons (Fsp3) is 0.240. The number of carbonyl (C=O) groups is 1. The van der Waals surface area contributed by atoms with E-state index in [0.717, 1.165) is 16.7 Å². The second kappa shape index (κ2) is 10.6. The molecule has 0 spiro atoms. The van der Waals surface area contributed by atoms with E-state index in [-0.39, 0.29) is 23.3 Å². The molecule has 162 valence electrons. The molecule has 6 heteroatoms. The second-order valence-electron chi connectivity index (χ2n) is 7.19. The SMILES string of the molecule is COc1cc(CN(C)C(=O)CC(c2ccccc2)c2ccccc2)ccc1OC(F)F. The lowest BCUT2D eigenvalue weighted by Gasteiger charge is -2.23. The van der Waals surface area contributed by atoms with Crippen molar-refractivity contribution < 1.29 is 23.0 Å². The van der Waals surface area contributed by atoms with Gasteiger partial charge in [-0.2, -0.15) is 8.78 Å². The molecule has 3 rings (SSSR count). The lowest BCUT2D eigenvalue weighted by Crippen LogP contribution is -2.28. The van der Waals surface area contributed by atoms with Crippen molar-refractivity contribution >= 4 is 5.91 Å². The minimum Gasteiger partial charge on any atom is -0.493 e. The van der Waals surface area contributed by atoms with Crippen LogP contribution in [0.5, 0.6) is 11.5 Å². The summed E-state index contributed by atoms with van der Waals surface area (Å²) in [5.74, 6) is 0.0758. The normalized spacial score (nSPS) is 10.9. The van der Waals surface area contributed by atoms with Crippen LogP contribution < -0.4 is 9.47 Å². The summed E-state index contributed by atoms with van der Waals surface area (Å²) in [6.07, 6.45) is 0.314. The Balaban J connectivity index is 1.74. The fourth-order valence-corrected chi connectivity index (χ4v) is 3.50. The van der Waals surface area contributed by atoms with Gasteiger partial charge in [-0.25, -0.2) is 0 Å². The van der Waals surface area contributed by atoms with E-state index >= 15 is 0 Å². The first-order valence-corrected chi connectivity index (χ1v) is 9.93. The molecule has 0 atom stereocenters. The monoisotopic (exact) mass is 425 g/mol. The number of ether oxygens (including phenoxy) is 2.